The van der Waals surface area contributed by atoms with E-state index in [2.05, 4.69) is 5.92 Å². The van der Waals surface area contributed by atoms with Crippen LogP contribution in [-0.4, -0.2) is 34.9 Å². The van der Waals surface area contributed by atoms with Gasteiger partial charge in [-0.1, -0.05) is 5.92 Å². The van der Waals surface area contributed by atoms with Gasteiger partial charge in [-0.2, -0.15) is 0 Å². The van der Waals surface area contributed by atoms with Gasteiger partial charge in [-0.3, -0.25) is 4.79 Å². The number of rotatable bonds is 4. The fourth-order valence-corrected chi connectivity index (χ4v) is 3.17. The predicted molar refractivity (Wildman–Crippen MR) is 63.6 cm³/mol. The van der Waals surface area contributed by atoms with Crippen LogP contribution in [0.2, 0.25) is 0 Å². The van der Waals surface area contributed by atoms with Crippen molar-refractivity contribution >= 4 is 17.7 Å². The Hall–Kier alpha value is -0.620. The van der Waals surface area contributed by atoms with Crippen LogP contribution in [0.5, 0.6) is 0 Å². The van der Waals surface area contributed by atoms with Crippen LogP contribution < -0.4 is 0 Å². The van der Waals surface area contributed by atoms with E-state index in [-0.39, 0.29) is 11.2 Å². The number of carbonyl (C=O) groups excluding carboxylic acids is 1. The SMILES string of the molecule is C#CCN(CC1CC1)C(=O)C1CCCS1. The average Bonchev–Trinajstić information content (AvgIpc) is 2.88. The van der Waals surface area contributed by atoms with Crippen molar-refractivity contribution in [1.29, 1.82) is 0 Å². The summed E-state index contributed by atoms with van der Waals surface area (Å²) < 4.78 is 0. The lowest BCUT2D eigenvalue weighted by atomic mass is 10.2. The van der Waals surface area contributed by atoms with Crippen molar-refractivity contribution < 1.29 is 4.79 Å². The molecule has 0 spiro atoms. The second-order valence-electron chi connectivity index (χ2n) is 4.37. The van der Waals surface area contributed by atoms with Gasteiger partial charge in [0.1, 0.15) is 0 Å². The first-order valence-electron chi connectivity index (χ1n) is 5.65. The molecular weight excluding hydrogens is 206 g/mol. The molecule has 3 heteroatoms. The first-order valence-corrected chi connectivity index (χ1v) is 6.70. The van der Waals surface area contributed by atoms with Gasteiger partial charge >= 0.3 is 0 Å². The van der Waals surface area contributed by atoms with E-state index in [1.165, 1.54) is 19.3 Å². The highest BCUT2D eigenvalue weighted by Gasteiger charge is 2.31. The van der Waals surface area contributed by atoms with Crippen molar-refractivity contribution in [3.8, 4) is 12.3 Å². The largest absolute Gasteiger partial charge is 0.330 e. The Morgan fingerprint density at radius 3 is 2.80 bits per heavy atom. The van der Waals surface area contributed by atoms with Crippen LogP contribution in [0.15, 0.2) is 0 Å². The van der Waals surface area contributed by atoms with Crippen LogP contribution in [-0.2, 0) is 4.79 Å². The summed E-state index contributed by atoms with van der Waals surface area (Å²) in [6, 6.07) is 0. The van der Waals surface area contributed by atoms with Gasteiger partial charge in [-0.05, 0) is 37.4 Å². The van der Waals surface area contributed by atoms with Gasteiger partial charge in [-0.25, -0.2) is 0 Å². The molecule has 1 atom stereocenters. The van der Waals surface area contributed by atoms with Crippen molar-refractivity contribution in [2.45, 2.75) is 30.9 Å². The van der Waals surface area contributed by atoms with Crippen molar-refractivity contribution in [2.24, 2.45) is 5.92 Å². The predicted octanol–water partition coefficient (Wildman–Crippen LogP) is 1.75. The maximum absolute atomic E-state index is 12.1. The maximum atomic E-state index is 12.1. The lowest BCUT2D eigenvalue weighted by Crippen LogP contribution is -2.38. The number of terminal acetylenes is 1. The van der Waals surface area contributed by atoms with E-state index in [0.717, 1.165) is 24.6 Å². The number of hydrogen-bond acceptors (Lipinski definition) is 2. The van der Waals surface area contributed by atoms with Crippen molar-refractivity contribution in [3.63, 3.8) is 0 Å². The molecule has 2 nitrogen and oxygen atoms in total. The van der Waals surface area contributed by atoms with E-state index in [4.69, 9.17) is 6.42 Å². The molecule has 1 saturated heterocycles. The summed E-state index contributed by atoms with van der Waals surface area (Å²) in [5.41, 5.74) is 0. The van der Waals surface area contributed by atoms with Gasteiger partial charge in [0.25, 0.3) is 0 Å². The van der Waals surface area contributed by atoms with Crippen molar-refractivity contribution in [1.82, 2.24) is 4.90 Å². The maximum Gasteiger partial charge on any atom is 0.236 e. The quantitative estimate of drug-likeness (QED) is 0.677. The molecule has 2 fully saturated rings. The van der Waals surface area contributed by atoms with E-state index >= 15 is 0 Å². The van der Waals surface area contributed by atoms with E-state index < -0.39 is 0 Å². The van der Waals surface area contributed by atoms with Crippen LogP contribution in [0.4, 0.5) is 0 Å². The molecule has 1 heterocycles. The number of nitrogens with zero attached hydrogens (tertiary/aromatic N) is 1. The van der Waals surface area contributed by atoms with Crippen LogP contribution in [0, 0.1) is 18.3 Å². The van der Waals surface area contributed by atoms with Crippen LogP contribution in [0.1, 0.15) is 25.7 Å². The molecule has 0 aromatic heterocycles. The summed E-state index contributed by atoms with van der Waals surface area (Å²) >= 11 is 1.79. The Morgan fingerprint density at radius 2 is 2.27 bits per heavy atom. The van der Waals surface area contributed by atoms with Crippen LogP contribution >= 0.6 is 11.8 Å². The summed E-state index contributed by atoms with van der Waals surface area (Å²) in [5.74, 6) is 4.74. The fraction of sp³-hybridized carbons (Fsp3) is 0.750. The van der Waals surface area contributed by atoms with E-state index in [1.807, 2.05) is 4.90 Å². The minimum atomic E-state index is 0.192. The molecule has 1 saturated carbocycles. The van der Waals surface area contributed by atoms with Gasteiger partial charge < -0.3 is 4.90 Å². The highest BCUT2D eigenvalue weighted by molar-refractivity contribution is 8.00. The van der Waals surface area contributed by atoms with E-state index in [0.29, 0.717) is 6.54 Å². The summed E-state index contributed by atoms with van der Waals surface area (Å²) in [6.45, 7) is 1.38. The molecule has 15 heavy (non-hydrogen) atoms. The molecule has 0 N–H and O–H groups in total. The smallest absolute Gasteiger partial charge is 0.236 e. The molecule has 2 aliphatic rings. The first kappa shape index (κ1) is 10.9. The first-order chi connectivity index (χ1) is 7.31. The summed E-state index contributed by atoms with van der Waals surface area (Å²) in [4.78, 5) is 14.0. The normalized spacial score (nSPS) is 24.9. The summed E-state index contributed by atoms with van der Waals surface area (Å²) in [7, 11) is 0. The number of thioether (sulfide) groups is 1. The number of carbonyl (C=O) groups is 1. The third-order valence-electron chi connectivity index (χ3n) is 2.97. The zero-order valence-corrected chi connectivity index (χ0v) is 9.76. The molecule has 2 rings (SSSR count). The highest BCUT2D eigenvalue weighted by Crippen LogP contribution is 2.32. The molecule has 0 bridgehead atoms. The van der Waals surface area contributed by atoms with Gasteiger partial charge in [-0.15, -0.1) is 18.2 Å². The average molecular weight is 223 g/mol. The lowest BCUT2D eigenvalue weighted by molar-refractivity contribution is -0.130. The Labute approximate surface area is 95.8 Å². The monoisotopic (exact) mass is 223 g/mol. The Kier molecular flexibility index (Phi) is 3.58. The number of amides is 1. The zero-order valence-electron chi connectivity index (χ0n) is 8.95. The van der Waals surface area contributed by atoms with Crippen molar-refractivity contribution in [2.75, 3.05) is 18.8 Å². The molecule has 1 aliphatic carbocycles. The Balaban J connectivity index is 1.89. The molecule has 82 valence electrons. The van der Waals surface area contributed by atoms with Crippen molar-refractivity contribution in [3.05, 3.63) is 0 Å². The molecule has 1 aliphatic heterocycles. The molecule has 1 amide bonds. The third-order valence-corrected chi connectivity index (χ3v) is 4.34. The van der Waals surface area contributed by atoms with Gasteiger partial charge in [0.15, 0.2) is 0 Å². The van der Waals surface area contributed by atoms with E-state index in [9.17, 15) is 4.79 Å². The fourth-order valence-electron chi connectivity index (χ4n) is 1.93. The third kappa shape index (κ3) is 2.92. The lowest BCUT2D eigenvalue weighted by Gasteiger charge is -2.23. The van der Waals surface area contributed by atoms with Gasteiger partial charge in [0, 0.05) is 6.54 Å². The number of hydrogen-bond donors (Lipinski definition) is 0. The Morgan fingerprint density at radius 1 is 1.47 bits per heavy atom. The summed E-state index contributed by atoms with van der Waals surface area (Å²) in [5, 5.41) is 0.192. The second-order valence-corrected chi connectivity index (χ2v) is 5.68. The standard InChI is InChI=1S/C12H17NOS/c1-2-7-13(9-10-5-6-10)12(14)11-4-3-8-15-11/h1,10-11H,3-9H2. The van der Waals surface area contributed by atoms with Crippen LogP contribution in [0.3, 0.4) is 0 Å². The minimum absolute atomic E-state index is 0.192. The topological polar surface area (TPSA) is 20.3 Å². The Bertz CT molecular complexity index is 274. The molecular formula is C12H17NOS. The van der Waals surface area contributed by atoms with E-state index in [1.54, 1.807) is 11.8 Å². The zero-order chi connectivity index (χ0) is 10.7. The molecule has 0 aromatic rings. The molecule has 1 unspecified atom stereocenters. The minimum Gasteiger partial charge on any atom is -0.330 e. The van der Waals surface area contributed by atoms with Gasteiger partial charge in [0.2, 0.25) is 5.91 Å². The van der Waals surface area contributed by atoms with Gasteiger partial charge in [0.05, 0.1) is 11.8 Å². The second kappa shape index (κ2) is 4.94. The highest BCUT2D eigenvalue weighted by atomic mass is 32.2. The molecule has 0 aromatic carbocycles. The van der Waals surface area contributed by atoms with Crippen LogP contribution in [0.25, 0.3) is 0 Å². The molecule has 0 radical (unpaired) electrons. The summed E-state index contributed by atoms with van der Waals surface area (Å²) in [6.07, 6.45) is 10.1.